The predicted molar refractivity (Wildman–Crippen MR) is 234 cm³/mol. The molecule has 4 rings (SSSR count). The third kappa shape index (κ3) is 13.9. The number of nitrogens with two attached hydrogens (primary N) is 4. The van der Waals surface area contributed by atoms with E-state index in [4.69, 9.17) is 22.9 Å². The maximum atomic E-state index is 13.1. The molecule has 6 amide bonds. The van der Waals surface area contributed by atoms with Crippen LogP contribution in [0.25, 0.3) is 0 Å². The van der Waals surface area contributed by atoms with Crippen LogP contribution in [0.3, 0.4) is 0 Å². The standard InChI is InChI=1S/C40H61N15O6/c1-52-23-27(50-39(60)33-19-25(21-54(33)3)48-35(56)29(43)9-5-7-11-41)17-31(52)37(58)46-15-13-45-14-16-47-38(59)32-18-28(24-53(32)2)51-40(61)34-20-26(22-55(34)4)49-36(57)30(44)10-6-8-12-42/h17-24,29-30,45H,5-16,41-44H2,1-4H3,(H,46,58)(H,47,59)(H,48,56)(H,49,57)(H,50,60)(H,51,61). The van der Waals surface area contributed by atoms with Crippen molar-refractivity contribution in [1.82, 2.24) is 34.2 Å². The third-order valence-corrected chi connectivity index (χ3v) is 9.79. The van der Waals surface area contributed by atoms with Crippen molar-refractivity contribution in [1.29, 1.82) is 0 Å². The van der Waals surface area contributed by atoms with Gasteiger partial charge in [0.25, 0.3) is 23.6 Å². The molecule has 0 fully saturated rings. The van der Waals surface area contributed by atoms with Crippen molar-refractivity contribution in [2.45, 2.75) is 50.6 Å². The third-order valence-electron chi connectivity index (χ3n) is 9.79. The Kier molecular flexibility index (Phi) is 17.8. The number of carbonyl (C=O) groups excluding carboxylic acids is 6. The number of hydrogen-bond acceptors (Lipinski definition) is 11. The summed E-state index contributed by atoms with van der Waals surface area (Å²) in [5.74, 6) is -2.24. The zero-order valence-electron chi connectivity index (χ0n) is 35.3. The van der Waals surface area contributed by atoms with E-state index in [0.717, 1.165) is 25.7 Å². The average molecular weight is 848 g/mol. The second-order valence-electron chi connectivity index (χ2n) is 14.8. The number of nitrogens with zero attached hydrogens (tertiary/aromatic N) is 4. The lowest BCUT2D eigenvalue weighted by atomic mass is 10.1. The largest absolute Gasteiger partial charge is 0.349 e. The van der Waals surface area contributed by atoms with Gasteiger partial charge in [0.1, 0.15) is 22.8 Å². The minimum absolute atomic E-state index is 0.292. The summed E-state index contributed by atoms with van der Waals surface area (Å²) in [6.45, 7) is 2.51. The Morgan fingerprint density at radius 3 is 1.11 bits per heavy atom. The molecule has 61 heavy (non-hydrogen) atoms. The van der Waals surface area contributed by atoms with Gasteiger partial charge in [-0.15, -0.1) is 0 Å². The van der Waals surface area contributed by atoms with Gasteiger partial charge in [0.05, 0.1) is 34.8 Å². The number of unbranched alkanes of at least 4 members (excludes halogenated alkanes) is 2. The van der Waals surface area contributed by atoms with E-state index in [1.165, 1.54) is 0 Å². The van der Waals surface area contributed by atoms with Gasteiger partial charge in [-0.05, 0) is 63.0 Å². The summed E-state index contributed by atoms with van der Waals surface area (Å²) in [6.07, 6.45) is 10.5. The molecule has 2 atom stereocenters. The van der Waals surface area contributed by atoms with Crippen molar-refractivity contribution >= 4 is 58.2 Å². The van der Waals surface area contributed by atoms with Crippen LogP contribution in [0.2, 0.25) is 0 Å². The van der Waals surface area contributed by atoms with Gasteiger partial charge in [0, 0.05) is 79.2 Å². The zero-order valence-corrected chi connectivity index (χ0v) is 35.3. The molecule has 4 aromatic heterocycles. The molecule has 0 spiro atoms. The maximum absolute atomic E-state index is 13.1. The van der Waals surface area contributed by atoms with Gasteiger partial charge in [-0.25, -0.2) is 0 Å². The first-order valence-corrected chi connectivity index (χ1v) is 20.2. The molecule has 0 aliphatic carbocycles. The van der Waals surface area contributed by atoms with Gasteiger partial charge < -0.3 is 78.4 Å². The number of anilines is 4. The lowest BCUT2D eigenvalue weighted by Crippen LogP contribution is -2.37. The van der Waals surface area contributed by atoms with Crippen molar-refractivity contribution in [2.24, 2.45) is 51.1 Å². The highest BCUT2D eigenvalue weighted by atomic mass is 16.2. The van der Waals surface area contributed by atoms with Crippen LogP contribution in [0.4, 0.5) is 22.7 Å². The SMILES string of the molecule is Cn1cc(NC(=O)c2cc(NC(=O)C(N)CCCCN)cn2C)cc1C(=O)NCCNCCNC(=O)c1cc(NC(=O)c2cc(NC(=O)C(N)CCCCN)cn2C)cn1C. The first kappa shape index (κ1) is 47.4. The molecule has 0 radical (unpaired) electrons. The second kappa shape index (κ2) is 22.9. The maximum Gasteiger partial charge on any atom is 0.272 e. The van der Waals surface area contributed by atoms with Crippen LogP contribution in [-0.2, 0) is 37.8 Å². The lowest BCUT2D eigenvalue weighted by molar-refractivity contribution is -0.118. The first-order valence-electron chi connectivity index (χ1n) is 20.2. The van der Waals surface area contributed by atoms with E-state index in [2.05, 4.69) is 37.2 Å². The minimum Gasteiger partial charge on any atom is -0.349 e. The van der Waals surface area contributed by atoms with Crippen LogP contribution >= 0.6 is 0 Å². The monoisotopic (exact) mass is 847 g/mol. The van der Waals surface area contributed by atoms with Gasteiger partial charge in [-0.2, -0.15) is 0 Å². The topological polar surface area (TPSA) is 310 Å². The van der Waals surface area contributed by atoms with E-state index in [-0.39, 0.29) is 23.6 Å². The van der Waals surface area contributed by atoms with E-state index in [1.54, 1.807) is 95.5 Å². The van der Waals surface area contributed by atoms with Crippen LogP contribution in [0, 0.1) is 0 Å². The van der Waals surface area contributed by atoms with Gasteiger partial charge in [-0.3, -0.25) is 28.8 Å². The number of amides is 6. The number of aromatic nitrogens is 4. The number of hydrogen-bond donors (Lipinski definition) is 11. The molecule has 15 N–H and O–H groups in total. The molecule has 0 bridgehead atoms. The summed E-state index contributed by atoms with van der Waals surface area (Å²) in [5, 5.41) is 19.9. The Labute approximate surface area is 354 Å². The normalized spacial score (nSPS) is 12.1. The van der Waals surface area contributed by atoms with Crippen molar-refractivity contribution in [3.05, 3.63) is 71.8 Å². The molecule has 0 aliphatic heterocycles. The second-order valence-corrected chi connectivity index (χ2v) is 14.8. The van der Waals surface area contributed by atoms with Crippen LogP contribution in [0.1, 0.15) is 80.5 Å². The molecule has 2 unspecified atom stereocenters. The van der Waals surface area contributed by atoms with Crippen molar-refractivity contribution < 1.29 is 28.8 Å². The highest BCUT2D eigenvalue weighted by Crippen LogP contribution is 2.20. The highest BCUT2D eigenvalue weighted by Gasteiger charge is 2.21. The van der Waals surface area contributed by atoms with Crippen LogP contribution < -0.4 is 60.2 Å². The first-order chi connectivity index (χ1) is 29.1. The van der Waals surface area contributed by atoms with E-state index in [1.807, 2.05) is 0 Å². The molecule has 21 heteroatoms. The summed E-state index contributed by atoms with van der Waals surface area (Å²) in [4.78, 5) is 76.9. The molecule has 0 aromatic carbocycles. The summed E-state index contributed by atoms with van der Waals surface area (Å²) in [5.41, 5.74) is 25.9. The quantitative estimate of drug-likeness (QED) is 0.0420. The van der Waals surface area contributed by atoms with Gasteiger partial charge in [0.15, 0.2) is 0 Å². The Balaban J connectivity index is 1.16. The van der Waals surface area contributed by atoms with Gasteiger partial charge in [-0.1, -0.05) is 12.8 Å². The molecule has 0 saturated heterocycles. The van der Waals surface area contributed by atoms with Crippen LogP contribution in [-0.4, -0.2) is 105 Å². The average Bonchev–Trinajstić information content (AvgIpc) is 3.98. The fourth-order valence-corrected chi connectivity index (χ4v) is 6.41. The molecular formula is C40H61N15O6. The lowest BCUT2D eigenvalue weighted by Gasteiger charge is -2.10. The van der Waals surface area contributed by atoms with Crippen molar-refractivity contribution in [2.75, 3.05) is 60.5 Å². The van der Waals surface area contributed by atoms with Crippen LogP contribution in [0.15, 0.2) is 49.1 Å². The van der Waals surface area contributed by atoms with Crippen molar-refractivity contribution in [3.63, 3.8) is 0 Å². The Bertz CT molecular complexity index is 2000. The molecule has 21 nitrogen and oxygen atoms in total. The Hall–Kier alpha value is -6.26. The molecule has 332 valence electrons. The zero-order chi connectivity index (χ0) is 44.6. The summed E-state index contributed by atoms with van der Waals surface area (Å²) < 4.78 is 6.36. The van der Waals surface area contributed by atoms with E-state index in [0.29, 0.717) is 97.6 Å². The molecule has 4 aromatic rings. The highest BCUT2D eigenvalue weighted by molar-refractivity contribution is 6.07. The number of aryl methyl sites for hydroxylation is 4. The Morgan fingerprint density at radius 1 is 0.475 bits per heavy atom. The molecule has 0 saturated carbocycles. The minimum atomic E-state index is -0.689. The number of carbonyl (C=O) groups is 6. The summed E-state index contributed by atoms with van der Waals surface area (Å²) in [6, 6.07) is 4.84. The molecule has 4 heterocycles. The smallest absolute Gasteiger partial charge is 0.272 e. The van der Waals surface area contributed by atoms with E-state index in [9.17, 15) is 28.8 Å². The fraction of sp³-hybridized carbons (Fsp3) is 0.450. The fourth-order valence-electron chi connectivity index (χ4n) is 6.41. The summed E-state index contributed by atoms with van der Waals surface area (Å²) >= 11 is 0. The molecular weight excluding hydrogens is 787 g/mol. The summed E-state index contributed by atoms with van der Waals surface area (Å²) in [7, 11) is 6.74. The van der Waals surface area contributed by atoms with E-state index < -0.39 is 23.9 Å². The number of nitrogens with one attached hydrogen (secondary N) is 7. The Morgan fingerprint density at radius 2 is 0.787 bits per heavy atom. The van der Waals surface area contributed by atoms with Crippen LogP contribution in [0.5, 0.6) is 0 Å². The van der Waals surface area contributed by atoms with Crippen molar-refractivity contribution in [3.8, 4) is 0 Å². The van der Waals surface area contributed by atoms with Gasteiger partial charge in [0.2, 0.25) is 11.8 Å². The predicted octanol–water partition coefficient (Wildman–Crippen LogP) is 0.0842. The number of rotatable bonds is 24. The van der Waals surface area contributed by atoms with Gasteiger partial charge >= 0.3 is 0 Å². The molecule has 0 aliphatic rings. The van der Waals surface area contributed by atoms with E-state index >= 15 is 0 Å².